The third-order valence-electron chi connectivity index (χ3n) is 8.03. The van der Waals surface area contributed by atoms with Gasteiger partial charge in [0.2, 0.25) is 0 Å². The summed E-state index contributed by atoms with van der Waals surface area (Å²) < 4.78 is 12.8. The average molecular weight is 420 g/mol. The van der Waals surface area contributed by atoms with Crippen molar-refractivity contribution >= 4 is 34.1 Å². The number of rotatable bonds is 2. The predicted molar refractivity (Wildman–Crippen MR) is 135 cm³/mol. The topological polar surface area (TPSA) is 18.5 Å². The molecule has 0 spiro atoms. The second kappa shape index (κ2) is 6.24. The van der Waals surface area contributed by atoms with E-state index in [2.05, 4.69) is 108 Å². The molecule has 1 aliphatic carbocycles. The fraction of sp³-hybridized carbons (Fsp3) is 0.310. The van der Waals surface area contributed by atoms with Crippen LogP contribution in [0.15, 0.2) is 66.7 Å². The van der Waals surface area contributed by atoms with E-state index in [1.165, 1.54) is 43.8 Å². The van der Waals surface area contributed by atoms with Crippen LogP contribution in [0.5, 0.6) is 0 Å². The monoisotopic (exact) mass is 420 g/mol. The van der Waals surface area contributed by atoms with E-state index in [9.17, 15) is 0 Å². The van der Waals surface area contributed by atoms with E-state index in [4.69, 9.17) is 9.31 Å². The molecule has 1 aliphatic heterocycles. The lowest BCUT2D eigenvalue weighted by atomic mass is 9.74. The molecule has 0 atom stereocenters. The lowest BCUT2D eigenvalue weighted by Crippen LogP contribution is -2.41. The highest BCUT2D eigenvalue weighted by atomic mass is 16.7. The van der Waals surface area contributed by atoms with Crippen LogP contribution in [0.4, 0.5) is 0 Å². The van der Waals surface area contributed by atoms with Gasteiger partial charge in [-0.05, 0) is 89.1 Å². The van der Waals surface area contributed by atoms with Crippen molar-refractivity contribution in [3.8, 4) is 11.1 Å². The molecule has 1 saturated heterocycles. The standard InChI is InChI=1S/C29H29BO2/c1-27(2)23-16-21(18-10-8-7-9-11-18)14-19-12-13-20-15-22(17-24(27)26(20)25(19)23)30-31-28(3,4)29(5,6)32-30/h7-17H,1-6H3. The molecule has 1 fully saturated rings. The predicted octanol–water partition coefficient (Wildman–Crippen LogP) is 6.60. The number of benzene rings is 4. The minimum atomic E-state index is -0.351. The van der Waals surface area contributed by atoms with Gasteiger partial charge in [0.1, 0.15) is 0 Å². The Hall–Kier alpha value is -2.62. The van der Waals surface area contributed by atoms with Crippen LogP contribution in [-0.4, -0.2) is 18.3 Å². The second-order valence-electron chi connectivity index (χ2n) is 10.9. The minimum Gasteiger partial charge on any atom is -0.399 e. The Kier molecular flexibility index (Phi) is 3.91. The van der Waals surface area contributed by atoms with Crippen LogP contribution in [0.2, 0.25) is 0 Å². The first-order valence-electron chi connectivity index (χ1n) is 11.5. The second-order valence-corrected chi connectivity index (χ2v) is 10.9. The molecule has 0 bridgehead atoms. The fourth-order valence-corrected chi connectivity index (χ4v) is 5.40. The van der Waals surface area contributed by atoms with E-state index >= 15 is 0 Å². The summed E-state index contributed by atoms with van der Waals surface area (Å²) in [6.07, 6.45) is 0. The molecule has 0 amide bonds. The van der Waals surface area contributed by atoms with Crippen molar-refractivity contribution in [1.29, 1.82) is 0 Å². The molecular weight excluding hydrogens is 391 g/mol. The highest BCUT2D eigenvalue weighted by molar-refractivity contribution is 6.62. The summed E-state index contributed by atoms with van der Waals surface area (Å²) >= 11 is 0. The van der Waals surface area contributed by atoms with Gasteiger partial charge in [-0.2, -0.15) is 0 Å². The quantitative estimate of drug-likeness (QED) is 0.269. The molecule has 0 radical (unpaired) electrons. The first-order valence-corrected chi connectivity index (χ1v) is 11.5. The van der Waals surface area contributed by atoms with Crippen molar-refractivity contribution in [1.82, 2.24) is 0 Å². The van der Waals surface area contributed by atoms with Gasteiger partial charge in [-0.3, -0.25) is 0 Å². The van der Waals surface area contributed by atoms with E-state index in [1.54, 1.807) is 0 Å². The van der Waals surface area contributed by atoms with Crippen LogP contribution in [0.1, 0.15) is 52.7 Å². The molecule has 0 aromatic heterocycles. The van der Waals surface area contributed by atoms with Gasteiger partial charge in [0, 0.05) is 5.41 Å². The molecule has 0 N–H and O–H groups in total. The minimum absolute atomic E-state index is 0.0926. The lowest BCUT2D eigenvalue weighted by molar-refractivity contribution is 0.00578. The number of hydrogen-bond acceptors (Lipinski definition) is 2. The summed E-state index contributed by atoms with van der Waals surface area (Å²) in [4.78, 5) is 0. The highest BCUT2D eigenvalue weighted by Crippen LogP contribution is 2.50. The van der Waals surface area contributed by atoms with E-state index in [-0.39, 0.29) is 23.7 Å². The summed E-state index contributed by atoms with van der Waals surface area (Å²) in [6.45, 7) is 13.1. The van der Waals surface area contributed by atoms with Gasteiger partial charge >= 0.3 is 7.12 Å². The maximum atomic E-state index is 6.40. The summed E-state index contributed by atoms with van der Waals surface area (Å²) in [7, 11) is -0.351. The first-order chi connectivity index (χ1) is 15.1. The molecule has 0 saturated carbocycles. The van der Waals surface area contributed by atoms with E-state index in [1.807, 2.05) is 0 Å². The molecule has 3 heteroatoms. The van der Waals surface area contributed by atoms with Gasteiger partial charge in [0.05, 0.1) is 11.2 Å². The van der Waals surface area contributed by atoms with Gasteiger partial charge < -0.3 is 9.31 Å². The maximum Gasteiger partial charge on any atom is 0.494 e. The van der Waals surface area contributed by atoms with Crippen LogP contribution in [-0.2, 0) is 14.7 Å². The molecule has 160 valence electrons. The Morgan fingerprint density at radius 1 is 0.594 bits per heavy atom. The Balaban J connectivity index is 1.55. The van der Waals surface area contributed by atoms with Crippen LogP contribution in [0.25, 0.3) is 32.7 Å². The van der Waals surface area contributed by atoms with Gasteiger partial charge in [-0.1, -0.05) is 68.4 Å². The molecular formula is C29H29BO2. The fourth-order valence-electron chi connectivity index (χ4n) is 5.40. The molecule has 2 nitrogen and oxygen atoms in total. The zero-order valence-corrected chi connectivity index (χ0v) is 19.7. The van der Waals surface area contributed by atoms with Crippen LogP contribution in [0, 0.1) is 0 Å². The molecule has 4 aromatic rings. The van der Waals surface area contributed by atoms with Crippen molar-refractivity contribution in [2.45, 2.75) is 58.2 Å². The van der Waals surface area contributed by atoms with E-state index in [0.717, 1.165) is 5.46 Å². The molecule has 2 aliphatic rings. The Morgan fingerprint density at radius 2 is 1.16 bits per heavy atom. The number of hydrogen-bond donors (Lipinski definition) is 0. The molecule has 0 unspecified atom stereocenters. The average Bonchev–Trinajstić information content (AvgIpc) is 3.13. The molecule has 6 rings (SSSR count). The smallest absolute Gasteiger partial charge is 0.399 e. The maximum absolute atomic E-state index is 6.40. The van der Waals surface area contributed by atoms with Gasteiger partial charge in [-0.15, -0.1) is 0 Å². The van der Waals surface area contributed by atoms with Crippen molar-refractivity contribution in [3.05, 3.63) is 77.9 Å². The third-order valence-corrected chi connectivity index (χ3v) is 8.03. The van der Waals surface area contributed by atoms with Gasteiger partial charge in [0.25, 0.3) is 0 Å². The Morgan fingerprint density at radius 3 is 1.78 bits per heavy atom. The van der Waals surface area contributed by atoms with E-state index < -0.39 is 0 Å². The van der Waals surface area contributed by atoms with Crippen molar-refractivity contribution in [2.75, 3.05) is 0 Å². The van der Waals surface area contributed by atoms with Crippen molar-refractivity contribution in [2.24, 2.45) is 0 Å². The normalized spacial score (nSPS) is 20.0. The lowest BCUT2D eigenvalue weighted by Gasteiger charge is -2.32. The zero-order valence-electron chi connectivity index (χ0n) is 19.7. The van der Waals surface area contributed by atoms with Crippen LogP contribution < -0.4 is 5.46 Å². The largest absolute Gasteiger partial charge is 0.494 e. The van der Waals surface area contributed by atoms with Gasteiger partial charge in [-0.25, -0.2) is 0 Å². The van der Waals surface area contributed by atoms with Crippen molar-refractivity contribution < 1.29 is 9.31 Å². The van der Waals surface area contributed by atoms with E-state index in [0.29, 0.717) is 0 Å². The highest BCUT2D eigenvalue weighted by Gasteiger charge is 2.52. The summed E-state index contributed by atoms with van der Waals surface area (Å²) in [6, 6.07) is 24.5. The zero-order chi connectivity index (χ0) is 22.5. The molecule has 32 heavy (non-hydrogen) atoms. The summed E-state index contributed by atoms with van der Waals surface area (Å²) in [5.41, 5.74) is 5.63. The van der Waals surface area contributed by atoms with Crippen LogP contribution in [0.3, 0.4) is 0 Å². The van der Waals surface area contributed by atoms with Crippen LogP contribution >= 0.6 is 0 Å². The Labute approximate surface area is 190 Å². The Bertz CT molecular complexity index is 1380. The SMILES string of the molecule is CC1(C)c2cc(B3OC(C)(C)C(C)(C)O3)cc3ccc4cc(-c5ccccc5)cc1c4c23. The molecule has 1 heterocycles. The van der Waals surface area contributed by atoms with Gasteiger partial charge in [0.15, 0.2) is 0 Å². The molecule has 4 aromatic carbocycles. The van der Waals surface area contributed by atoms with Crippen molar-refractivity contribution in [3.63, 3.8) is 0 Å². The summed E-state index contributed by atoms with van der Waals surface area (Å²) in [5.74, 6) is 0. The third kappa shape index (κ3) is 2.61. The first kappa shape index (κ1) is 20.0. The summed E-state index contributed by atoms with van der Waals surface area (Å²) in [5, 5.41) is 5.34.